The van der Waals surface area contributed by atoms with Gasteiger partial charge in [0.25, 0.3) is 0 Å². The van der Waals surface area contributed by atoms with Gasteiger partial charge in [0.15, 0.2) is 5.82 Å². The van der Waals surface area contributed by atoms with Crippen LogP contribution >= 0.6 is 0 Å². The Kier molecular flexibility index (Phi) is 3.63. The Bertz CT molecular complexity index is 919. The van der Waals surface area contributed by atoms with Crippen LogP contribution in [0.25, 0.3) is 16.6 Å². The van der Waals surface area contributed by atoms with Gasteiger partial charge in [-0.15, -0.1) is 0 Å². The van der Waals surface area contributed by atoms with Crippen molar-refractivity contribution in [2.45, 2.75) is 26.3 Å². The van der Waals surface area contributed by atoms with Crippen LogP contribution in [0.2, 0.25) is 0 Å². The molecule has 0 saturated carbocycles. The number of benzene rings is 1. The number of nitrogen functional groups attached to an aromatic ring is 2. The summed E-state index contributed by atoms with van der Waals surface area (Å²) in [5.74, 6) is -0.0224. The van der Waals surface area contributed by atoms with E-state index in [4.69, 9.17) is 11.5 Å². The molecule has 3 aromatic rings. The first-order chi connectivity index (χ1) is 11.3. The van der Waals surface area contributed by atoms with E-state index in [1.54, 1.807) is 22.8 Å². The third-order valence-electron chi connectivity index (χ3n) is 3.47. The van der Waals surface area contributed by atoms with Crippen molar-refractivity contribution in [3.8, 4) is 11.1 Å². The highest BCUT2D eigenvalue weighted by Gasteiger charge is 2.18. The number of hydrogen-bond donors (Lipinski definition) is 2. The van der Waals surface area contributed by atoms with E-state index in [1.807, 2.05) is 32.9 Å². The van der Waals surface area contributed by atoms with Crippen LogP contribution < -0.4 is 16.6 Å². The monoisotopic (exact) mass is 323 g/mol. The summed E-state index contributed by atoms with van der Waals surface area (Å²) in [6, 6.07) is 7.22. The zero-order valence-corrected chi connectivity index (χ0v) is 13.8. The van der Waals surface area contributed by atoms with E-state index in [-0.39, 0.29) is 5.90 Å². The molecule has 0 spiro atoms. The molecule has 0 aliphatic carbocycles. The van der Waals surface area contributed by atoms with E-state index in [1.165, 1.54) is 6.33 Å². The lowest BCUT2D eigenvalue weighted by Gasteiger charge is -2.19. The molecule has 24 heavy (non-hydrogen) atoms. The summed E-state index contributed by atoms with van der Waals surface area (Å²) in [4.78, 5) is 8.28. The Labute approximate surface area is 139 Å². The highest BCUT2D eigenvalue weighted by atomic mass is 16.3. The Morgan fingerprint density at radius 3 is 2.46 bits per heavy atom. The fourth-order valence-electron chi connectivity index (χ4n) is 2.50. The van der Waals surface area contributed by atoms with Crippen molar-refractivity contribution in [1.29, 1.82) is 0 Å². The summed E-state index contributed by atoms with van der Waals surface area (Å²) in [5, 5.41) is 16.9. The van der Waals surface area contributed by atoms with Crippen molar-refractivity contribution >= 4 is 22.9 Å². The molecule has 0 radical (unpaired) electrons. The molecule has 0 fully saturated rings. The van der Waals surface area contributed by atoms with E-state index in [9.17, 15) is 5.11 Å². The van der Waals surface area contributed by atoms with Crippen LogP contribution in [0.5, 0.6) is 0 Å². The Morgan fingerprint density at radius 2 is 1.83 bits per heavy atom. The van der Waals surface area contributed by atoms with Crippen LogP contribution in [0.15, 0.2) is 41.8 Å². The lowest BCUT2D eigenvalue weighted by Crippen LogP contribution is -2.25. The number of aromatic nitrogens is 3. The predicted molar refractivity (Wildman–Crippen MR) is 93.5 cm³/mol. The molecule has 1 aromatic carbocycles. The van der Waals surface area contributed by atoms with E-state index < -0.39 is 5.54 Å². The molecule has 2 aromatic heterocycles. The Hall–Kier alpha value is -3.09. The molecule has 0 atom stereocenters. The van der Waals surface area contributed by atoms with Gasteiger partial charge in [0.1, 0.15) is 11.8 Å². The average molecular weight is 323 g/mol. The maximum Gasteiger partial charge on any atom is 0.151 e. The largest absolute Gasteiger partial charge is 0.858 e. The summed E-state index contributed by atoms with van der Waals surface area (Å²) in [6.07, 6.45) is 2.99. The van der Waals surface area contributed by atoms with E-state index in [2.05, 4.69) is 15.1 Å². The first kappa shape index (κ1) is 15.8. The molecular formula is C17H19N6O-. The van der Waals surface area contributed by atoms with Gasteiger partial charge in [-0.1, -0.05) is 12.1 Å². The quantitative estimate of drug-likeness (QED) is 0.420. The van der Waals surface area contributed by atoms with E-state index >= 15 is 0 Å². The van der Waals surface area contributed by atoms with Crippen molar-refractivity contribution in [1.82, 2.24) is 14.6 Å². The van der Waals surface area contributed by atoms with Gasteiger partial charge in [0, 0.05) is 23.0 Å². The number of nitrogens with two attached hydrogens (primary N) is 2. The molecule has 7 nitrogen and oxygen atoms in total. The van der Waals surface area contributed by atoms with Crippen LogP contribution in [-0.2, 0) is 0 Å². The molecule has 3 rings (SSSR count). The van der Waals surface area contributed by atoms with Crippen LogP contribution in [0.4, 0.5) is 11.5 Å². The lowest BCUT2D eigenvalue weighted by molar-refractivity contribution is -0.213. The number of hydrogen-bond acceptors (Lipinski definition) is 6. The van der Waals surface area contributed by atoms with Gasteiger partial charge in [0.05, 0.1) is 5.54 Å². The van der Waals surface area contributed by atoms with Crippen molar-refractivity contribution < 1.29 is 5.11 Å². The Balaban J connectivity index is 2.33. The van der Waals surface area contributed by atoms with Gasteiger partial charge in [-0.05, 0) is 44.4 Å². The number of fused-ring (bicyclic) bond motifs is 1. The SMILES string of the molecule is CC(C)(C)N=C([O-])c1cn2ncnc(N)c2c1-c1ccc(N)cc1. The number of anilines is 2. The second-order valence-corrected chi connectivity index (χ2v) is 6.57. The maximum atomic E-state index is 12.7. The van der Waals surface area contributed by atoms with E-state index in [0.717, 1.165) is 5.56 Å². The third-order valence-corrected chi connectivity index (χ3v) is 3.47. The molecule has 0 bridgehead atoms. The smallest absolute Gasteiger partial charge is 0.151 e. The van der Waals surface area contributed by atoms with Crippen molar-refractivity contribution in [2.24, 2.45) is 4.99 Å². The third kappa shape index (κ3) is 2.88. The first-order valence-electron chi connectivity index (χ1n) is 7.51. The van der Waals surface area contributed by atoms with Gasteiger partial charge in [-0.3, -0.25) is 4.99 Å². The van der Waals surface area contributed by atoms with Crippen LogP contribution in [0, 0.1) is 0 Å². The first-order valence-corrected chi connectivity index (χ1v) is 7.51. The lowest BCUT2D eigenvalue weighted by atomic mass is 10.0. The van der Waals surface area contributed by atoms with Crippen LogP contribution in [0.1, 0.15) is 26.3 Å². The summed E-state index contributed by atoms with van der Waals surface area (Å²) in [7, 11) is 0. The molecule has 2 heterocycles. The summed E-state index contributed by atoms with van der Waals surface area (Å²) >= 11 is 0. The highest BCUT2D eigenvalue weighted by molar-refractivity contribution is 6.05. The zero-order valence-electron chi connectivity index (χ0n) is 13.8. The average Bonchev–Trinajstić information content (AvgIpc) is 2.87. The summed E-state index contributed by atoms with van der Waals surface area (Å²) < 4.78 is 1.55. The predicted octanol–water partition coefficient (Wildman–Crippen LogP) is 1.47. The fourth-order valence-corrected chi connectivity index (χ4v) is 2.50. The van der Waals surface area contributed by atoms with Crippen molar-refractivity contribution in [3.05, 3.63) is 42.4 Å². The fraction of sp³-hybridized carbons (Fsp3) is 0.235. The standard InChI is InChI=1S/C17H20N6O/c1-17(2,3)22-16(24)12-8-23-14(15(19)20-9-21-23)13(12)10-4-6-11(18)7-5-10/h4-9H,18H2,1-3H3,(H,22,24)(H2,19,20,21)/p-1. The summed E-state index contributed by atoms with van der Waals surface area (Å²) in [6.45, 7) is 5.62. The van der Waals surface area contributed by atoms with Crippen molar-refractivity contribution in [3.63, 3.8) is 0 Å². The normalized spacial score (nSPS) is 12.7. The molecule has 0 aliphatic heterocycles. The second kappa shape index (κ2) is 5.52. The van der Waals surface area contributed by atoms with Crippen LogP contribution in [-0.4, -0.2) is 26.0 Å². The minimum atomic E-state index is -0.485. The van der Waals surface area contributed by atoms with E-state index in [0.29, 0.717) is 28.1 Å². The maximum absolute atomic E-state index is 12.7. The van der Waals surface area contributed by atoms with Gasteiger partial charge in [-0.2, -0.15) is 5.10 Å². The molecule has 4 N–H and O–H groups in total. The molecule has 124 valence electrons. The second-order valence-electron chi connectivity index (χ2n) is 6.57. The molecular weight excluding hydrogens is 304 g/mol. The molecule has 0 unspecified atom stereocenters. The molecule has 0 saturated heterocycles. The molecule has 0 amide bonds. The highest BCUT2D eigenvalue weighted by Crippen LogP contribution is 2.33. The Morgan fingerprint density at radius 1 is 1.17 bits per heavy atom. The topological polar surface area (TPSA) is 118 Å². The van der Waals surface area contributed by atoms with Gasteiger partial charge >= 0.3 is 0 Å². The minimum absolute atomic E-state index is 0.298. The summed E-state index contributed by atoms with van der Waals surface area (Å²) in [5.41, 5.74) is 14.4. The van der Waals surface area contributed by atoms with Crippen molar-refractivity contribution in [2.75, 3.05) is 11.5 Å². The van der Waals surface area contributed by atoms with Crippen LogP contribution in [0.3, 0.4) is 0 Å². The number of aliphatic imine (C=N–C) groups is 1. The number of rotatable bonds is 2. The minimum Gasteiger partial charge on any atom is -0.858 e. The zero-order chi connectivity index (χ0) is 17.5. The van der Waals surface area contributed by atoms with Gasteiger partial charge in [0.2, 0.25) is 0 Å². The van der Waals surface area contributed by atoms with Gasteiger partial charge in [-0.25, -0.2) is 9.50 Å². The molecule has 7 heteroatoms. The number of nitrogens with zero attached hydrogens (tertiary/aromatic N) is 4. The molecule has 0 aliphatic rings. The van der Waals surface area contributed by atoms with Gasteiger partial charge < -0.3 is 16.6 Å².